The molecule has 0 aliphatic rings. The number of fused-ring (bicyclic) bond motifs is 2. The molecule has 10 nitrogen and oxygen atoms in total. The van der Waals surface area contributed by atoms with Gasteiger partial charge in [-0.2, -0.15) is 5.10 Å². The Hall–Kier alpha value is -3.95. The molecule has 0 saturated heterocycles. The number of urea groups is 1. The van der Waals surface area contributed by atoms with E-state index < -0.39 is 6.03 Å². The summed E-state index contributed by atoms with van der Waals surface area (Å²) >= 11 is 0. The number of nitrogens with zero attached hydrogens (tertiary/aromatic N) is 7. The van der Waals surface area contributed by atoms with Crippen molar-refractivity contribution in [2.75, 3.05) is 0 Å². The summed E-state index contributed by atoms with van der Waals surface area (Å²) in [7, 11) is 0. The van der Waals surface area contributed by atoms with Crippen molar-refractivity contribution in [2.45, 2.75) is 13.5 Å². The molecule has 3 aromatic heterocycles. The highest BCUT2D eigenvalue weighted by molar-refractivity contribution is 5.98. The van der Waals surface area contributed by atoms with Crippen LogP contribution >= 0.6 is 0 Å². The van der Waals surface area contributed by atoms with Gasteiger partial charge in [0.25, 0.3) is 0 Å². The number of nitrogens with one attached hydrogen (secondary N) is 1. The van der Waals surface area contributed by atoms with E-state index in [1.54, 1.807) is 17.8 Å². The number of carbonyl (C=O) groups is 1. The summed E-state index contributed by atoms with van der Waals surface area (Å²) in [4.78, 5) is 23.9. The Morgan fingerprint density at radius 1 is 1.30 bits per heavy atom. The molecule has 4 rings (SSSR count). The molecule has 0 aliphatic carbocycles. The average Bonchev–Trinajstić information content (AvgIpc) is 3.08. The number of aromatic nitrogens is 6. The summed E-state index contributed by atoms with van der Waals surface area (Å²) in [6.07, 6.45) is 3.28. The lowest BCUT2D eigenvalue weighted by Gasteiger charge is -2.05. The molecule has 0 atom stereocenters. The first-order valence-electron chi connectivity index (χ1n) is 8.10. The lowest BCUT2D eigenvalue weighted by Crippen LogP contribution is -2.25. The van der Waals surface area contributed by atoms with Crippen LogP contribution in [0.1, 0.15) is 18.2 Å². The summed E-state index contributed by atoms with van der Waals surface area (Å²) in [5.74, 6) is 0. The van der Waals surface area contributed by atoms with E-state index in [1.807, 2.05) is 24.3 Å². The molecule has 2 amide bonds. The van der Waals surface area contributed by atoms with Gasteiger partial charge in [-0.05, 0) is 30.7 Å². The Kier molecular flexibility index (Phi) is 4.13. The van der Waals surface area contributed by atoms with Gasteiger partial charge in [-0.15, -0.1) is 5.10 Å². The number of pyridine rings is 1. The molecule has 1 aromatic carbocycles. The predicted molar refractivity (Wildman–Crippen MR) is 98.9 cm³/mol. The molecule has 0 radical (unpaired) electrons. The van der Waals surface area contributed by atoms with E-state index in [0.717, 1.165) is 16.5 Å². The van der Waals surface area contributed by atoms with Crippen molar-refractivity contribution in [3.05, 3.63) is 54.0 Å². The van der Waals surface area contributed by atoms with E-state index in [0.29, 0.717) is 29.2 Å². The van der Waals surface area contributed by atoms with Crippen LogP contribution in [0.3, 0.4) is 0 Å². The van der Waals surface area contributed by atoms with Gasteiger partial charge < -0.3 is 5.73 Å². The number of carbonyl (C=O) groups excluding carboxylic acids is 1. The van der Waals surface area contributed by atoms with Crippen LogP contribution in [0.15, 0.2) is 47.8 Å². The number of nitrogens with two attached hydrogens (primary N) is 1. The van der Waals surface area contributed by atoms with Gasteiger partial charge in [-0.25, -0.2) is 24.9 Å². The Morgan fingerprint density at radius 3 is 3.04 bits per heavy atom. The Morgan fingerprint density at radius 2 is 2.19 bits per heavy atom. The highest BCUT2D eigenvalue weighted by Gasteiger charge is 2.11. The van der Waals surface area contributed by atoms with E-state index >= 15 is 0 Å². The lowest BCUT2D eigenvalue weighted by atomic mass is 10.1. The minimum absolute atomic E-state index is 0.428. The first kappa shape index (κ1) is 16.5. The molecular weight excluding hydrogens is 346 g/mol. The molecular formula is C17H15N9O. The summed E-state index contributed by atoms with van der Waals surface area (Å²) in [6, 6.07) is 9.17. The summed E-state index contributed by atoms with van der Waals surface area (Å²) < 4.78 is 1.66. The van der Waals surface area contributed by atoms with E-state index in [1.165, 1.54) is 6.20 Å². The number of hydrazone groups is 1. The van der Waals surface area contributed by atoms with Gasteiger partial charge in [0.1, 0.15) is 5.69 Å². The fourth-order valence-electron chi connectivity index (χ4n) is 2.63. The molecule has 0 bridgehead atoms. The third-order valence-electron chi connectivity index (χ3n) is 3.93. The standard InChI is InChI=1S/C17H15N9O/c1-10(22-24-17(18)27)14-8-20-15-16(21-14)26(25-23-15)9-11-4-5-13-12(7-11)3-2-6-19-13/h2-8H,9H2,1H3,(H3,18,24,27)/b22-10+. The van der Waals surface area contributed by atoms with E-state index in [9.17, 15) is 4.79 Å². The topological polar surface area (TPSA) is 137 Å². The van der Waals surface area contributed by atoms with Crippen LogP contribution in [0.5, 0.6) is 0 Å². The lowest BCUT2D eigenvalue weighted by molar-refractivity contribution is 0.249. The number of amides is 2. The maximum atomic E-state index is 10.8. The summed E-state index contributed by atoms with van der Waals surface area (Å²) in [5, 5.41) is 13.1. The second-order valence-electron chi connectivity index (χ2n) is 5.85. The van der Waals surface area contributed by atoms with Crippen LogP contribution < -0.4 is 11.2 Å². The van der Waals surface area contributed by atoms with Crippen LogP contribution in [0, 0.1) is 0 Å². The Labute approximate surface area is 153 Å². The quantitative estimate of drug-likeness (QED) is 0.414. The Balaban J connectivity index is 1.67. The van der Waals surface area contributed by atoms with E-state index in [2.05, 4.69) is 41.9 Å². The summed E-state index contributed by atoms with van der Waals surface area (Å²) in [5.41, 5.74) is 11.1. The van der Waals surface area contributed by atoms with Gasteiger partial charge in [-0.1, -0.05) is 17.3 Å². The minimum Gasteiger partial charge on any atom is -0.350 e. The number of rotatable bonds is 4. The van der Waals surface area contributed by atoms with Crippen LogP contribution in [0.2, 0.25) is 0 Å². The molecule has 0 unspecified atom stereocenters. The minimum atomic E-state index is -0.749. The molecule has 27 heavy (non-hydrogen) atoms. The van der Waals surface area contributed by atoms with Crippen LogP contribution in [0.4, 0.5) is 4.79 Å². The average molecular weight is 361 g/mol. The zero-order valence-electron chi connectivity index (χ0n) is 14.4. The normalized spacial score (nSPS) is 11.8. The maximum Gasteiger partial charge on any atom is 0.332 e. The van der Waals surface area contributed by atoms with Gasteiger partial charge in [-0.3, -0.25) is 4.98 Å². The number of primary amides is 1. The molecule has 4 aromatic rings. The van der Waals surface area contributed by atoms with Gasteiger partial charge in [0.15, 0.2) is 5.65 Å². The smallest absolute Gasteiger partial charge is 0.332 e. The first-order chi connectivity index (χ1) is 13.1. The molecule has 0 fully saturated rings. The third kappa shape index (κ3) is 3.40. The van der Waals surface area contributed by atoms with Crippen molar-refractivity contribution in [3.8, 4) is 0 Å². The number of hydrogen-bond acceptors (Lipinski definition) is 7. The Bertz CT molecular complexity index is 1180. The van der Waals surface area contributed by atoms with Crippen LogP contribution in [0.25, 0.3) is 22.2 Å². The highest BCUT2D eigenvalue weighted by Crippen LogP contribution is 2.15. The molecule has 0 aliphatic heterocycles. The van der Waals surface area contributed by atoms with Gasteiger partial charge >= 0.3 is 6.03 Å². The zero-order chi connectivity index (χ0) is 18.8. The predicted octanol–water partition coefficient (Wildman–Crippen LogP) is 1.21. The molecule has 134 valence electrons. The van der Waals surface area contributed by atoms with Gasteiger partial charge in [0.05, 0.1) is 24.0 Å². The second kappa shape index (κ2) is 6.75. The molecule has 0 spiro atoms. The largest absolute Gasteiger partial charge is 0.350 e. The number of benzene rings is 1. The van der Waals surface area contributed by atoms with Crippen LogP contribution in [-0.2, 0) is 6.54 Å². The fraction of sp³-hybridized carbons (Fsp3) is 0.118. The first-order valence-corrected chi connectivity index (χ1v) is 8.10. The van der Waals surface area contributed by atoms with E-state index in [4.69, 9.17) is 5.73 Å². The van der Waals surface area contributed by atoms with Crippen molar-refractivity contribution in [1.82, 2.24) is 35.4 Å². The SMILES string of the molecule is C/C(=N\NC(N)=O)c1cnc2nnn(Cc3ccc4ncccc4c3)c2n1. The molecule has 10 heteroatoms. The zero-order valence-corrected chi connectivity index (χ0v) is 14.4. The monoisotopic (exact) mass is 361 g/mol. The fourth-order valence-corrected chi connectivity index (χ4v) is 2.63. The maximum absolute atomic E-state index is 10.8. The van der Waals surface area contributed by atoms with Crippen molar-refractivity contribution < 1.29 is 4.79 Å². The number of hydrogen-bond donors (Lipinski definition) is 2. The molecule has 0 saturated carbocycles. The third-order valence-corrected chi connectivity index (χ3v) is 3.93. The molecule has 3 heterocycles. The molecule has 3 N–H and O–H groups in total. The van der Waals surface area contributed by atoms with Gasteiger partial charge in [0, 0.05) is 11.6 Å². The van der Waals surface area contributed by atoms with Crippen LogP contribution in [-0.4, -0.2) is 41.7 Å². The van der Waals surface area contributed by atoms with Crippen molar-refractivity contribution in [1.29, 1.82) is 0 Å². The van der Waals surface area contributed by atoms with Crippen molar-refractivity contribution in [3.63, 3.8) is 0 Å². The highest BCUT2D eigenvalue weighted by atomic mass is 16.2. The van der Waals surface area contributed by atoms with Gasteiger partial charge in [0.2, 0.25) is 5.65 Å². The summed E-state index contributed by atoms with van der Waals surface area (Å²) in [6.45, 7) is 2.17. The van der Waals surface area contributed by atoms with Crippen molar-refractivity contribution in [2.24, 2.45) is 10.8 Å². The second-order valence-corrected chi connectivity index (χ2v) is 5.85. The van der Waals surface area contributed by atoms with E-state index in [-0.39, 0.29) is 0 Å². The van der Waals surface area contributed by atoms with Crippen molar-refractivity contribution >= 4 is 33.9 Å².